The van der Waals surface area contributed by atoms with Gasteiger partial charge in [-0.3, -0.25) is 9.59 Å². The number of rotatable bonds is 6. The van der Waals surface area contributed by atoms with Crippen LogP contribution in [0.25, 0.3) is 0 Å². The highest BCUT2D eigenvalue weighted by atomic mass is 35.5. The monoisotopic (exact) mass is 360 g/mol. The number of halogens is 1. The standard InChI is InChI=1S/C19H21ClN2O3/c1-12(2)17(19(24)21-15-8-6-14(20)7-9-15)22-18(23)13-4-10-16(25-3)11-5-13/h4-12,17H,1-3H3,(H,21,24)(H,22,23). The normalized spacial score (nSPS) is 11.7. The number of anilines is 1. The number of amides is 2. The van der Waals surface area contributed by atoms with Crippen LogP contribution >= 0.6 is 11.6 Å². The first kappa shape index (κ1) is 18.8. The second-order valence-corrected chi connectivity index (χ2v) is 6.36. The molecular weight excluding hydrogens is 340 g/mol. The van der Waals surface area contributed by atoms with E-state index < -0.39 is 6.04 Å². The van der Waals surface area contributed by atoms with Crippen molar-refractivity contribution in [1.82, 2.24) is 5.32 Å². The predicted octanol–water partition coefficient (Wildman–Crippen LogP) is 3.74. The molecule has 132 valence electrons. The molecule has 1 unspecified atom stereocenters. The maximum atomic E-state index is 12.5. The van der Waals surface area contributed by atoms with Crippen LogP contribution in [0.1, 0.15) is 24.2 Å². The zero-order valence-corrected chi connectivity index (χ0v) is 15.1. The second-order valence-electron chi connectivity index (χ2n) is 5.92. The Bertz CT molecular complexity index is 727. The fraction of sp³-hybridized carbons (Fsp3) is 0.263. The summed E-state index contributed by atoms with van der Waals surface area (Å²) in [6.07, 6.45) is 0. The van der Waals surface area contributed by atoms with Gasteiger partial charge in [-0.05, 0) is 54.4 Å². The number of methoxy groups -OCH3 is 1. The van der Waals surface area contributed by atoms with Crippen molar-refractivity contribution in [3.8, 4) is 5.75 Å². The Morgan fingerprint density at radius 2 is 1.60 bits per heavy atom. The first-order chi connectivity index (χ1) is 11.9. The van der Waals surface area contributed by atoms with Crippen molar-refractivity contribution in [1.29, 1.82) is 0 Å². The van der Waals surface area contributed by atoms with E-state index in [0.29, 0.717) is 22.0 Å². The molecule has 0 spiro atoms. The highest BCUT2D eigenvalue weighted by molar-refractivity contribution is 6.30. The molecule has 2 aromatic carbocycles. The lowest BCUT2D eigenvalue weighted by Crippen LogP contribution is -2.47. The summed E-state index contributed by atoms with van der Waals surface area (Å²) >= 11 is 5.84. The van der Waals surface area contributed by atoms with Crippen molar-refractivity contribution < 1.29 is 14.3 Å². The van der Waals surface area contributed by atoms with Crippen molar-refractivity contribution >= 4 is 29.1 Å². The molecule has 0 aliphatic heterocycles. The lowest BCUT2D eigenvalue weighted by molar-refractivity contribution is -0.118. The molecule has 2 rings (SSSR count). The molecule has 0 radical (unpaired) electrons. The van der Waals surface area contributed by atoms with Crippen LogP contribution in [0.5, 0.6) is 5.75 Å². The molecule has 0 saturated carbocycles. The molecular formula is C19H21ClN2O3. The molecule has 0 aromatic heterocycles. The minimum atomic E-state index is -0.662. The molecule has 25 heavy (non-hydrogen) atoms. The maximum Gasteiger partial charge on any atom is 0.251 e. The number of ether oxygens (including phenoxy) is 1. The third-order valence-electron chi connectivity index (χ3n) is 3.70. The van der Waals surface area contributed by atoms with Gasteiger partial charge in [-0.15, -0.1) is 0 Å². The van der Waals surface area contributed by atoms with E-state index in [2.05, 4.69) is 10.6 Å². The average Bonchev–Trinajstić information content (AvgIpc) is 2.61. The van der Waals surface area contributed by atoms with Crippen LogP contribution in [0.2, 0.25) is 5.02 Å². The summed E-state index contributed by atoms with van der Waals surface area (Å²) in [6, 6.07) is 12.9. The zero-order chi connectivity index (χ0) is 18.4. The Kier molecular flexibility index (Phi) is 6.42. The number of hydrogen-bond acceptors (Lipinski definition) is 3. The Hall–Kier alpha value is -2.53. The molecule has 0 saturated heterocycles. The van der Waals surface area contributed by atoms with Gasteiger partial charge in [-0.1, -0.05) is 25.4 Å². The SMILES string of the molecule is COc1ccc(C(=O)NC(C(=O)Nc2ccc(Cl)cc2)C(C)C)cc1. The van der Waals surface area contributed by atoms with Crippen LogP contribution in [0, 0.1) is 5.92 Å². The molecule has 0 bridgehead atoms. The first-order valence-corrected chi connectivity index (χ1v) is 8.30. The Morgan fingerprint density at radius 1 is 1.00 bits per heavy atom. The molecule has 0 fully saturated rings. The second kappa shape index (κ2) is 8.53. The zero-order valence-electron chi connectivity index (χ0n) is 14.4. The summed E-state index contributed by atoms with van der Waals surface area (Å²) in [5.74, 6) is -0.00117. The van der Waals surface area contributed by atoms with Crippen LogP contribution in [0.4, 0.5) is 5.69 Å². The molecule has 1 atom stereocenters. The van der Waals surface area contributed by atoms with Crippen molar-refractivity contribution in [2.24, 2.45) is 5.92 Å². The van der Waals surface area contributed by atoms with Gasteiger partial charge in [0, 0.05) is 16.3 Å². The molecule has 2 amide bonds. The summed E-state index contributed by atoms with van der Waals surface area (Å²) in [5, 5.41) is 6.17. The van der Waals surface area contributed by atoms with E-state index >= 15 is 0 Å². The summed E-state index contributed by atoms with van der Waals surface area (Å²) < 4.78 is 5.08. The van der Waals surface area contributed by atoms with E-state index in [4.69, 9.17) is 16.3 Å². The van der Waals surface area contributed by atoms with Crippen molar-refractivity contribution in [2.75, 3.05) is 12.4 Å². The number of nitrogens with one attached hydrogen (secondary N) is 2. The summed E-state index contributed by atoms with van der Waals surface area (Å²) in [6.45, 7) is 3.75. The molecule has 0 heterocycles. The van der Waals surface area contributed by atoms with Gasteiger partial charge in [0.15, 0.2) is 0 Å². The fourth-order valence-electron chi connectivity index (χ4n) is 2.26. The van der Waals surface area contributed by atoms with E-state index in [0.717, 1.165) is 0 Å². The van der Waals surface area contributed by atoms with Gasteiger partial charge >= 0.3 is 0 Å². The van der Waals surface area contributed by atoms with Crippen molar-refractivity contribution in [3.05, 3.63) is 59.1 Å². The highest BCUT2D eigenvalue weighted by Crippen LogP contribution is 2.15. The molecule has 6 heteroatoms. The van der Waals surface area contributed by atoms with Gasteiger partial charge in [0.1, 0.15) is 11.8 Å². The smallest absolute Gasteiger partial charge is 0.251 e. The summed E-state index contributed by atoms with van der Waals surface area (Å²) in [4.78, 5) is 24.9. The molecule has 2 aromatic rings. The summed E-state index contributed by atoms with van der Waals surface area (Å²) in [7, 11) is 1.56. The number of hydrogen-bond donors (Lipinski definition) is 2. The lowest BCUT2D eigenvalue weighted by atomic mass is 10.0. The van der Waals surface area contributed by atoms with Crippen molar-refractivity contribution in [3.63, 3.8) is 0 Å². The number of benzene rings is 2. The van der Waals surface area contributed by atoms with Crippen LogP contribution in [0.3, 0.4) is 0 Å². The first-order valence-electron chi connectivity index (χ1n) is 7.92. The van der Waals surface area contributed by atoms with Crippen molar-refractivity contribution in [2.45, 2.75) is 19.9 Å². The Balaban J connectivity index is 2.07. The number of carbonyl (C=O) groups excluding carboxylic acids is 2. The van der Waals surface area contributed by atoms with E-state index in [1.807, 2.05) is 13.8 Å². The van der Waals surface area contributed by atoms with E-state index in [1.54, 1.807) is 55.6 Å². The lowest BCUT2D eigenvalue weighted by Gasteiger charge is -2.22. The predicted molar refractivity (Wildman–Crippen MR) is 99.2 cm³/mol. The average molecular weight is 361 g/mol. The molecule has 0 aliphatic rings. The van der Waals surface area contributed by atoms with Crippen LogP contribution < -0.4 is 15.4 Å². The van der Waals surface area contributed by atoms with Gasteiger partial charge in [0.2, 0.25) is 5.91 Å². The van der Waals surface area contributed by atoms with Gasteiger partial charge < -0.3 is 15.4 Å². The molecule has 2 N–H and O–H groups in total. The van der Waals surface area contributed by atoms with Gasteiger partial charge in [0.25, 0.3) is 5.91 Å². The Morgan fingerprint density at radius 3 is 2.12 bits per heavy atom. The van der Waals surface area contributed by atoms with E-state index in [-0.39, 0.29) is 17.7 Å². The fourth-order valence-corrected chi connectivity index (χ4v) is 2.38. The van der Waals surface area contributed by atoms with E-state index in [1.165, 1.54) is 0 Å². The Labute approximate surface area is 152 Å². The highest BCUT2D eigenvalue weighted by Gasteiger charge is 2.24. The van der Waals surface area contributed by atoms with Gasteiger partial charge in [0.05, 0.1) is 7.11 Å². The molecule has 5 nitrogen and oxygen atoms in total. The maximum absolute atomic E-state index is 12.5. The van der Waals surface area contributed by atoms with Crippen LogP contribution in [0.15, 0.2) is 48.5 Å². The largest absolute Gasteiger partial charge is 0.497 e. The topological polar surface area (TPSA) is 67.4 Å². The van der Waals surface area contributed by atoms with Crippen LogP contribution in [-0.4, -0.2) is 25.0 Å². The summed E-state index contributed by atoms with van der Waals surface area (Å²) in [5.41, 5.74) is 1.09. The minimum Gasteiger partial charge on any atom is -0.497 e. The third-order valence-corrected chi connectivity index (χ3v) is 3.95. The number of carbonyl (C=O) groups is 2. The van der Waals surface area contributed by atoms with E-state index in [9.17, 15) is 9.59 Å². The third kappa shape index (κ3) is 5.22. The van der Waals surface area contributed by atoms with Crippen LogP contribution in [-0.2, 0) is 4.79 Å². The van der Waals surface area contributed by atoms with Gasteiger partial charge in [-0.2, -0.15) is 0 Å². The van der Waals surface area contributed by atoms with Gasteiger partial charge in [-0.25, -0.2) is 0 Å². The molecule has 0 aliphatic carbocycles. The minimum absolute atomic E-state index is 0.0745. The quantitative estimate of drug-likeness (QED) is 0.824.